The van der Waals surface area contributed by atoms with E-state index < -0.39 is 30.6 Å². The molecular formula is C8H13F3O2. The van der Waals surface area contributed by atoms with E-state index in [0.29, 0.717) is 0 Å². The number of carbonyl (C=O) groups excluding carboxylic acids is 1. The zero-order chi connectivity index (χ0) is 10.7. The summed E-state index contributed by atoms with van der Waals surface area (Å²) in [5, 5.41) is 0. The van der Waals surface area contributed by atoms with Crippen LogP contribution in [-0.2, 0) is 9.53 Å². The molecule has 0 aromatic heterocycles. The summed E-state index contributed by atoms with van der Waals surface area (Å²) in [6.07, 6.45) is -5.35. The van der Waals surface area contributed by atoms with E-state index in [1.165, 1.54) is 0 Å². The van der Waals surface area contributed by atoms with Crippen molar-refractivity contribution in [1.29, 1.82) is 0 Å². The number of hydrogen-bond donors (Lipinski definition) is 0. The van der Waals surface area contributed by atoms with Gasteiger partial charge in [0.05, 0.1) is 18.4 Å². The lowest BCUT2D eigenvalue weighted by atomic mass is 9.97. The molecule has 0 bridgehead atoms. The van der Waals surface area contributed by atoms with Gasteiger partial charge in [-0.3, -0.25) is 4.79 Å². The highest BCUT2D eigenvalue weighted by molar-refractivity contribution is 5.75. The molecule has 0 aromatic carbocycles. The molecule has 2 nitrogen and oxygen atoms in total. The van der Waals surface area contributed by atoms with Gasteiger partial charge >= 0.3 is 12.1 Å². The van der Waals surface area contributed by atoms with Gasteiger partial charge in [-0.1, -0.05) is 0 Å². The summed E-state index contributed by atoms with van der Waals surface area (Å²) < 4.78 is 39.3. The fourth-order valence-corrected chi connectivity index (χ4v) is 0.476. The number of hydrogen-bond acceptors (Lipinski definition) is 2. The first kappa shape index (κ1) is 12.3. The molecule has 0 radical (unpaired) electrons. The topological polar surface area (TPSA) is 26.3 Å². The van der Waals surface area contributed by atoms with Crippen LogP contribution in [0.2, 0.25) is 0 Å². The minimum atomic E-state index is -4.27. The summed E-state index contributed by atoms with van der Waals surface area (Å²) in [4.78, 5) is 11.0. The number of rotatable bonds is 2. The first-order valence-electron chi connectivity index (χ1n) is 3.87. The van der Waals surface area contributed by atoms with Gasteiger partial charge in [-0.15, -0.1) is 0 Å². The number of alkyl halides is 3. The Hall–Kier alpha value is -0.740. The minimum absolute atomic E-state index is 0.598. The molecule has 0 spiro atoms. The molecular weight excluding hydrogens is 185 g/mol. The number of carbonyl (C=O) groups is 1. The van der Waals surface area contributed by atoms with Crippen LogP contribution in [0.25, 0.3) is 0 Å². The Labute approximate surface area is 75.1 Å². The average Bonchev–Trinajstić information content (AvgIpc) is 1.82. The van der Waals surface area contributed by atoms with E-state index in [9.17, 15) is 18.0 Å². The van der Waals surface area contributed by atoms with Crippen molar-refractivity contribution in [3.63, 3.8) is 0 Å². The first-order valence-corrected chi connectivity index (χ1v) is 3.87. The van der Waals surface area contributed by atoms with Crippen LogP contribution in [0.1, 0.15) is 27.2 Å². The van der Waals surface area contributed by atoms with Gasteiger partial charge in [-0.05, 0) is 20.8 Å². The van der Waals surface area contributed by atoms with Crippen LogP contribution in [0.3, 0.4) is 0 Å². The summed E-state index contributed by atoms with van der Waals surface area (Å²) in [6.45, 7) is 4.16. The SMILES string of the molecule is CC(C)(C)C(=O)OCCC(F)(F)F. The van der Waals surface area contributed by atoms with Gasteiger partial charge in [0.25, 0.3) is 0 Å². The Morgan fingerprint density at radius 2 is 1.69 bits per heavy atom. The molecule has 0 N–H and O–H groups in total. The third-order valence-electron chi connectivity index (χ3n) is 1.23. The van der Waals surface area contributed by atoms with Crippen molar-refractivity contribution in [2.45, 2.75) is 33.4 Å². The van der Waals surface area contributed by atoms with Gasteiger partial charge in [-0.2, -0.15) is 13.2 Å². The smallest absolute Gasteiger partial charge is 0.392 e. The van der Waals surface area contributed by atoms with Crippen LogP contribution in [-0.4, -0.2) is 18.8 Å². The normalized spacial score (nSPS) is 12.8. The summed E-state index contributed by atoms with van der Waals surface area (Å²) >= 11 is 0. The number of ether oxygens (including phenoxy) is 1. The predicted molar refractivity (Wildman–Crippen MR) is 41.1 cm³/mol. The average molecular weight is 198 g/mol. The molecule has 0 aliphatic rings. The predicted octanol–water partition coefficient (Wildman–Crippen LogP) is 2.53. The molecule has 0 heterocycles. The van der Waals surface area contributed by atoms with E-state index in [1.807, 2.05) is 0 Å². The molecule has 0 aliphatic carbocycles. The van der Waals surface area contributed by atoms with Crippen LogP contribution in [0.5, 0.6) is 0 Å². The monoisotopic (exact) mass is 198 g/mol. The van der Waals surface area contributed by atoms with E-state index in [1.54, 1.807) is 20.8 Å². The van der Waals surface area contributed by atoms with Crippen LogP contribution in [0.15, 0.2) is 0 Å². The van der Waals surface area contributed by atoms with Gasteiger partial charge < -0.3 is 4.74 Å². The van der Waals surface area contributed by atoms with E-state index in [4.69, 9.17) is 0 Å². The fraction of sp³-hybridized carbons (Fsp3) is 0.875. The third-order valence-corrected chi connectivity index (χ3v) is 1.23. The number of esters is 1. The largest absolute Gasteiger partial charge is 0.465 e. The Balaban J connectivity index is 3.74. The van der Waals surface area contributed by atoms with Gasteiger partial charge in [-0.25, -0.2) is 0 Å². The van der Waals surface area contributed by atoms with E-state index in [0.717, 1.165) is 0 Å². The highest BCUT2D eigenvalue weighted by Gasteiger charge is 2.29. The Morgan fingerprint density at radius 3 is 2.00 bits per heavy atom. The highest BCUT2D eigenvalue weighted by Crippen LogP contribution is 2.20. The molecule has 0 aliphatic heterocycles. The molecule has 0 aromatic rings. The second-order valence-corrected chi connectivity index (χ2v) is 3.75. The standard InChI is InChI=1S/C8H13F3O2/c1-7(2,3)6(12)13-5-4-8(9,10)11/h4-5H2,1-3H3. The van der Waals surface area contributed by atoms with Crippen LogP contribution in [0.4, 0.5) is 13.2 Å². The maximum atomic E-state index is 11.6. The molecule has 0 atom stereocenters. The third kappa shape index (κ3) is 6.42. The van der Waals surface area contributed by atoms with Gasteiger partial charge in [0.15, 0.2) is 0 Å². The van der Waals surface area contributed by atoms with Crippen molar-refractivity contribution in [2.24, 2.45) is 5.41 Å². The molecule has 0 saturated heterocycles. The lowest BCUT2D eigenvalue weighted by Gasteiger charge is -2.16. The van der Waals surface area contributed by atoms with Crippen molar-refractivity contribution in [1.82, 2.24) is 0 Å². The lowest BCUT2D eigenvalue weighted by molar-refractivity contribution is -0.165. The van der Waals surface area contributed by atoms with Crippen LogP contribution >= 0.6 is 0 Å². The minimum Gasteiger partial charge on any atom is -0.465 e. The van der Waals surface area contributed by atoms with Crippen LogP contribution in [0, 0.1) is 5.41 Å². The van der Waals surface area contributed by atoms with Crippen LogP contribution < -0.4 is 0 Å². The maximum Gasteiger partial charge on any atom is 0.392 e. The van der Waals surface area contributed by atoms with E-state index >= 15 is 0 Å². The molecule has 0 unspecified atom stereocenters. The molecule has 78 valence electrons. The Kier molecular flexibility index (Phi) is 3.75. The second kappa shape index (κ2) is 3.98. The van der Waals surface area contributed by atoms with Crippen molar-refractivity contribution in [2.75, 3.05) is 6.61 Å². The van der Waals surface area contributed by atoms with Gasteiger partial charge in [0, 0.05) is 0 Å². The summed E-state index contributed by atoms with van der Waals surface area (Å²) in [7, 11) is 0. The summed E-state index contributed by atoms with van der Waals surface area (Å²) in [5.41, 5.74) is -0.744. The fourth-order valence-electron chi connectivity index (χ4n) is 0.476. The second-order valence-electron chi connectivity index (χ2n) is 3.75. The van der Waals surface area contributed by atoms with Gasteiger partial charge in [0.2, 0.25) is 0 Å². The number of halogens is 3. The zero-order valence-corrected chi connectivity index (χ0v) is 7.86. The van der Waals surface area contributed by atoms with Crippen molar-refractivity contribution in [3.8, 4) is 0 Å². The molecule has 13 heavy (non-hydrogen) atoms. The molecule has 0 rings (SSSR count). The Morgan fingerprint density at radius 1 is 1.23 bits per heavy atom. The summed E-state index contributed by atoms with van der Waals surface area (Å²) in [6, 6.07) is 0. The van der Waals surface area contributed by atoms with Gasteiger partial charge in [0.1, 0.15) is 0 Å². The van der Waals surface area contributed by atoms with E-state index in [2.05, 4.69) is 4.74 Å². The van der Waals surface area contributed by atoms with Crippen molar-refractivity contribution >= 4 is 5.97 Å². The zero-order valence-electron chi connectivity index (χ0n) is 7.86. The van der Waals surface area contributed by atoms with E-state index in [-0.39, 0.29) is 0 Å². The quantitative estimate of drug-likeness (QED) is 0.637. The lowest BCUT2D eigenvalue weighted by Crippen LogP contribution is -2.24. The molecule has 5 heteroatoms. The highest BCUT2D eigenvalue weighted by atomic mass is 19.4. The Bertz CT molecular complexity index is 179. The maximum absolute atomic E-state index is 11.6. The summed E-state index contributed by atoms with van der Waals surface area (Å²) in [5.74, 6) is -0.614. The van der Waals surface area contributed by atoms with Crippen molar-refractivity contribution < 1.29 is 22.7 Å². The van der Waals surface area contributed by atoms with Crippen molar-refractivity contribution in [3.05, 3.63) is 0 Å². The molecule has 0 saturated carbocycles. The molecule has 0 fully saturated rings. The first-order chi connectivity index (χ1) is 5.63. The molecule has 0 amide bonds.